The highest BCUT2D eigenvalue weighted by molar-refractivity contribution is 5.78. The Labute approximate surface area is 239 Å². The number of hydrogen-bond acceptors (Lipinski definition) is 4. The van der Waals surface area contributed by atoms with Crippen LogP contribution in [-0.4, -0.2) is 31.2 Å². The summed E-state index contributed by atoms with van der Waals surface area (Å²) in [5, 5.41) is 13.1. The maximum Gasteiger partial charge on any atom is 0.224 e. The summed E-state index contributed by atoms with van der Waals surface area (Å²) in [5.74, 6) is 2.38. The minimum Gasteiger partial charge on any atom is -0.508 e. The van der Waals surface area contributed by atoms with E-state index in [2.05, 4.69) is 79.2 Å². The molecular formula is C35H44N2O3. The average Bonchev–Trinajstić information content (AvgIpc) is 2.96. The largest absolute Gasteiger partial charge is 0.508 e. The van der Waals surface area contributed by atoms with Crippen LogP contribution in [0.4, 0.5) is 5.69 Å². The van der Waals surface area contributed by atoms with Gasteiger partial charge in [0.05, 0.1) is 13.5 Å². The molecule has 5 nitrogen and oxygen atoms in total. The highest BCUT2D eigenvalue weighted by Gasteiger charge is 2.33. The van der Waals surface area contributed by atoms with Crippen LogP contribution in [0.25, 0.3) is 0 Å². The molecule has 0 spiro atoms. The van der Waals surface area contributed by atoms with Crippen molar-refractivity contribution in [2.24, 2.45) is 5.92 Å². The summed E-state index contributed by atoms with van der Waals surface area (Å²) < 4.78 is 5.67. The molecule has 4 rings (SSSR count). The molecule has 3 aromatic carbocycles. The van der Waals surface area contributed by atoms with Crippen molar-refractivity contribution in [3.63, 3.8) is 0 Å². The first-order chi connectivity index (χ1) is 19.4. The number of nitrogens with one attached hydrogen (secondary N) is 1. The van der Waals surface area contributed by atoms with E-state index < -0.39 is 0 Å². The quantitative estimate of drug-likeness (QED) is 0.240. The van der Waals surface area contributed by atoms with Gasteiger partial charge in [0.25, 0.3) is 0 Å². The number of carbonyl (C=O) groups is 1. The van der Waals surface area contributed by atoms with Crippen molar-refractivity contribution < 1.29 is 14.6 Å². The summed E-state index contributed by atoms with van der Waals surface area (Å²) >= 11 is 0. The van der Waals surface area contributed by atoms with E-state index in [0.29, 0.717) is 36.5 Å². The molecule has 2 N–H and O–H groups in total. The predicted octanol–water partition coefficient (Wildman–Crippen LogP) is 7.13. The van der Waals surface area contributed by atoms with Crippen molar-refractivity contribution in [2.45, 2.75) is 64.8 Å². The van der Waals surface area contributed by atoms with E-state index in [4.69, 9.17) is 4.74 Å². The Morgan fingerprint density at radius 3 is 2.52 bits per heavy atom. The van der Waals surface area contributed by atoms with Crippen molar-refractivity contribution >= 4 is 11.6 Å². The number of rotatable bonds is 12. The maximum absolute atomic E-state index is 12.0. The minimum absolute atomic E-state index is 0.0523. The van der Waals surface area contributed by atoms with Gasteiger partial charge in [-0.05, 0) is 96.9 Å². The molecule has 0 heterocycles. The van der Waals surface area contributed by atoms with Gasteiger partial charge in [-0.15, -0.1) is 6.58 Å². The van der Waals surface area contributed by atoms with Gasteiger partial charge in [0.2, 0.25) is 5.91 Å². The number of anilines is 1. The van der Waals surface area contributed by atoms with E-state index in [-0.39, 0.29) is 5.91 Å². The van der Waals surface area contributed by atoms with Crippen molar-refractivity contribution in [3.8, 4) is 11.5 Å². The smallest absolute Gasteiger partial charge is 0.224 e. The zero-order valence-corrected chi connectivity index (χ0v) is 24.5. The van der Waals surface area contributed by atoms with Gasteiger partial charge in [-0.1, -0.05) is 49.4 Å². The van der Waals surface area contributed by atoms with Crippen LogP contribution in [0.3, 0.4) is 0 Å². The normalized spacial score (nSPS) is 17.0. The summed E-state index contributed by atoms with van der Waals surface area (Å²) in [7, 11) is 1.72. The summed E-state index contributed by atoms with van der Waals surface area (Å²) in [5.41, 5.74) is 7.37. The highest BCUT2D eigenvalue weighted by atomic mass is 16.5. The van der Waals surface area contributed by atoms with Crippen molar-refractivity contribution in [1.29, 1.82) is 0 Å². The molecular weight excluding hydrogens is 496 g/mol. The number of fused-ring (bicyclic) bond motifs is 1. The molecule has 0 radical (unpaired) electrons. The molecule has 3 atom stereocenters. The molecule has 40 heavy (non-hydrogen) atoms. The first-order valence-corrected chi connectivity index (χ1v) is 14.6. The van der Waals surface area contributed by atoms with Gasteiger partial charge in [0.15, 0.2) is 0 Å². The van der Waals surface area contributed by atoms with E-state index >= 15 is 0 Å². The number of ether oxygens (including phenoxy) is 1. The Hall–Kier alpha value is -3.73. The zero-order valence-electron chi connectivity index (χ0n) is 24.5. The summed E-state index contributed by atoms with van der Waals surface area (Å²) in [6, 6.07) is 20.8. The molecule has 0 aliphatic heterocycles. The lowest BCUT2D eigenvalue weighted by Gasteiger charge is -2.37. The Bertz CT molecular complexity index is 1300. The first-order valence-electron chi connectivity index (χ1n) is 14.6. The molecule has 0 bridgehead atoms. The number of allylic oxidation sites excluding steroid dienone is 1. The van der Waals surface area contributed by atoms with Crippen LogP contribution >= 0.6 is 0 Å². The third-order valence-electron chi connectivity index (χ3n) is 8.29. The third-order valence-corrected chi connectivity index (χ3v) is 8.29. The first kappa shape index (κ1) is 29.3. The van der Waals surface area contributed by atoms with Crippen LogP contribution in [0, 0.1) is 5.92 Å². The summed E-state index contributed by atoms with van der Waals surface area (Å²) in [6.45, 7) is 12.7. The number of benzene rings is 3. The maximum atomic E-state index is 12.0. The average molecular weight is 541 g/mol. The van der Waals surface area contributed by atoms with Crippen LogP contribution in [0.5, 0.6) is 11.5 Å². The number of likely N-dealkylation sites (N-methyl/N-ethyl adjacent to an activating group) is 1. The third kappa shape index (κ3) is 6.88. The number of hydrogen-bond donors (Lipinski definition) is 2. The van der Waals surface area contributed by atoms with E-state index in [0.717, 1.165) is 43.7 Å². The molecule has 1 aliphatic carbocycles. The molecule has 1 amide bonds. The Morgan fingerprint density at radius 2 is 1.85 bits per heavy atom. The fourth-order valence-corrected chi connectivity index (χ4v) is 6.16. The second-order valence-electron chi connectivity index (χ2n) is 11.0. The molecule has 2 unspecified atom stereocenters. The van der Waals surface area contributed by atoms with Crippen LogP contribution in [0.1, 0.15) is 73.3 Å². The van der Waals surface area contributed by atoms with Crippen molar-refractivity contribution in [2.75, 3.05) is 25.1 Å². The lowest BCUT2D eigenvalue weighted by Crippen LogP contribution is -2.27. The van der Waals surface area contributed by atoms with Gasteiger partial charge < -0.3 is 20.1 Å². The van der Waals surface area contributed by atoms with Gasteiger partial charge in [0, 0.05) is 31.4 Å². The van der Waals surface area contributed by atoms with Crippen molar-refractivity contribution in [3.05, 3.63) is 101 Å². The van der Waals surface area contributed by atoms with Crippen molar-refractivity contribution in [1.82, 2.24) is 5.32 Å². The van der Waals surface area contributed by atoms with Gasteiger partial charge in [0.1, 0.15) is 11.5 Å². The van der Waals surface area contributed by atoms with Crippen LogP contribution in [-0.2, 0) is 24.2 Å². The molecule has 0 aromatic heterocycles. The van der Waals surface area contributed by atoms with E-state index in [1.807, 2.05) is 25.1 Å². The topological polar surface area (TPSA) is 61.8 Å². The second-order valence-corrected chi connectivity index (χ2v) is 11.0. The Kier molecular flexibility index (Phi) is 9.92. The molecule has 212 valence electrons. The predicted molar refractivity (Wildman–Crippen MR) is 164 cm³/mol. The lowest BCUT2D eigenvalue weighted by molar-refractivity contribution is -0.120. The van der Waals surface area contributed by atoms with Gasteiger partial charge in [-0.25, -0.2) is 0 Å². The number of aromatic hydroxyl groups is 1. The summed E-state index contributed by atoms with van der Waals surface area (Å²) in [4.78, 5) is 14.4. The number of phenolic OH excluding ortho intramolecular Hbond substituents is 1. The van der Waals surface area contributed by atoms with Gasteiger partial charge >= 0.3 is 0 Å². The minimum atomic E-state index is 0.0523. The molecule has 0 fully saturated rings. The number of nitrogens with zero attached hydrogens (tertiary/aromatic N) is 1. The second kappa shape index (κ2) is 13.6. The Balaban J connectivity index is 1.64. The van der Waals surface area contributed by atoms with E-state index in [9.17, 15) is 9.90 Å². The zero-order chi connectivity index (χ0) is 28.6. The fourth-order valence-electron chi connectivity index (χ4n) is 6.16. The van der Waals surface area contributed by atoms with Gasteiger partial charge in [-0.2, -0.15) is 0 Å². The van der Waals surface area contributed by atoms with E-state index in [1.54, 1.807) is 7.11 Å². The molecule has 3 aromatic rings. The molecule has 0 saturated heterocycles. The monoisotopic (exact) mass is 540 g/mol. The number of carbonyl (C=O) groups excluding carboxylic acids is 1. The van der Waals surface area contributed by atoms with Crippen LogP contribution in [0.2, 0.25) is 0 Å². The number of phenols is 1. The molecule has 5 heteroatoms. The molecule has 0 saturated carbocycles. The standard InChI is InChI=1S/C35H44N2O3/c1-6-9-24(4)32-20-28(19-27-14-15-29(38)21-33(27)32)31-17-16-30(40-5)22-34(31)37(8-3)23-26-12-10-25(11-13-26)18-35(39)36-7-2/h6,10-17,21-22,24,28,32,38H,1,7-9,18-20,23H2,2-5H3,(H,36,39)/t24?,28-,32?/m0/s1. The number of amides is 1. The molecule has 1 aliphatic rings. The van der Waals surface area contributed by atoms with Crippen LogP contribution in [0.15, 0.2) is 73.3 Å². The summed E-state index contributed by atoms with van der Waals surface area (Å²) in [6.07, 6.45) is 5.32. The van der Waals surface area contributed by atoms with E-state index in [1.165, 1.54) is 27.9 Å². The number of methoxy groups -OCH3 is 1. The SMILES string of the molecule is C=CCC(C)C1C[C@@H](c2ccc(OC)cc2N(CC)Cc2ccc(CC(=O)NCC)cc2)Cc2ccc(O)cc21. The van der Waals surface area contributed by atoms with Gasteiger partial charge in [-0.3, -0.25) is 4.79 Å². The fraction of sp³-hybridized carbons (Fsp3) is 0.400. The Morgan fingerprint density at radius 1 is 1.10 bits per heavy atom. The lowest BCUT2D eigenvalue weighted by atomic mass is 9.69. The van der Waals surface area contributed by atoms with Crippen LogP contribution < -0.4 is 15.0 Å². The highest BCUT2D eigenvalue weighted by Crippen LogP contribution is 2.47.